The van der Waals surface area contributed by atoms with Crippen molar-refractivity contribution in [1.82, 2.24) is 5.32 Å². The maximum absolute atomic E-state index is 10.9. The van der Waals surface area contributed by atoms with E-state index >= 15 is 0 Å². The molecule has 1 aromatic rings. The molecule has 0 fully saturated rings. The Bertz CT molecular complexity index is 288. The molecule has 0 saturated carbocycles. The van der Waals surface area contributed by atoms with Gasteiger partial charge < -0.3 is 10.6 Å². The Labute approximate surface area is 76.6 Å². The number of carbonyl (C=O) groups is 1. The average Bonchev–Trinajstić information content (AvgIpc) is 2.09. The molecule has 1 aromatic carbocycles. The minimum Gasteiger partial charge on any atom is -0.341 e. The lowest BCUT2D eigenvalue weighted by atomic mass is 10.3. The molecule has 0 heterocycles. The van der Waals surface area contributed by atoms with Crippen LogP contribution in [0.2, 0.25) is 0 Å². The van der Waals surface area contributed by atoms with Crippen molar-refractivity contribution in [3.8, 4) is 0 Å². The van der Waals surface area contributed by atoms with Crippen LogP contribution in [0.5, 0.6) is 0 Å². The van der Waals surface area contributed by atoms with Gasteiger partial charge in [-0.2, -0.15) is 0 Å². The third-order valence-corrected chi connectivity index (χ3v) is 1.77. The lowest BCUT2D eigenvalue weighted by Gasteiger charge is -2.05. The molecule has 0 aliphatic heterocycles. The number of benzene rings is 1. The van der Waals surface area contributed by atoms with Gasteiger partial charge in [-0.3, -0.25) is 0 Å². The van der Waals surface area contributed by atoms with Crippen LogP contribution in [0.15, 0.2) is 29.2 Å². The number of anilines is 1. The highest BCUT2D eigenvalue weighted by atomic mass is 32.1. The van der Waals surface area contributed by atoms with Gasteiger partial charge in [-0.15, -0.1) is 12.6 Å². The van der Waals surface area contributed by atoms with Crippen molar-refractivity contribution in [2.24, 2.45) is 0 Å². The van der Waals surface area contributed by atoms with Crippen LogP contribution in [0.4, 0.5) is 10.5 Å². The first-order valence-corrected chi connectivity index (χ1v) is 3.95. The van der Waals surface area contributed by atoms with Crippen LogP contribution < -0.4 is 10.6 Å². The summed E-state index contributed by atoms with van der Waals surface area (Å²) >= 11 is 4.17. The second-order valence-corrected chi connectivity index (χ2v) is 2.70. The third-order valence-electron chi connectivity index (χ3n) is 1.38. The Morgan fingerprint density at radius 3 is 2.67 bits per heavy atom. The molecule has 64 valence electrons. The Hall–Kier alpha value is -1.16. The number of hydrogen-bond acceptors (Lipinski definition) is 2. The van der Waals surface area contributed by atoms with Crippen LogP contribution in [-0.4, -0.2) is 13.1 Å². The van der Waals surface area contributed by atoms with E-state index in [-0.39, 0.29) is 6.03 Å². The van der Waals surface area contributed by atoms with Gasteiger partial charge in [0.2, 0.25) is 0 Å². The summed E-state index contributed by atoms with van der Waals surface area (Å²) in [6.45, 7) is 0. The molecular formula is C8H10N2OS. The van der Waals surface area contributed by atoms with E-state index in [9.17, 15) is 4.79 Å². The molecule has 3 nitrogen and oxygen atoms in total. The second-order valence-electron chi connectivity index (χ2n) is 2.22. The van der Waals surface area contributed by atoms with Crippen LogP contribution in [0.1, 0.15) is 0 Å². The van der Waals surface area contributed by atoms with Gasteiger partial charge in [0, 0.05) is 11.9 Å². The maximum atomic E-state index is 10.9. The van der Waals surface area contributed by atoms with Crippen molar-refractivity contribution in [3.05, 3.63) is 24.3 Å². The summed E-state index contributed by atoms with van der Waals surface area (Å²) in [5.74, 6) is 0. The number of rotatable bonds is 1. The Kier molecular flexibility index (Phi) is 2.99. The standard InChI is InChI=1S/C8H10N2OS/c1-9-8(11)10-6-4-2-3-5-7(6)12/h2-5,12H,1H3,(H2,9,10,11). The first-order chi connectivity index (χ1) is 5.74. The van der Waals surface area contributed by atoms with Crippen molar-refractivity contribution < 1.29 is 4.79 Å². The second kappa shape index (κ2) is 4.01. The van der Waals surface area contributed by atoms with Crippen LogP contribution in [0, 0.1) is 0 Å². The van der Waals surface area contributed by atoms with Gasteiger partial charge in [0.1, 0.15) is 0 Å². The summed E-state index contributed by atoms with van der Waals surface area (Å²) in [6, 6.07) is 7.06. The lowest BCUT2D eigenvalue weighted by molar-refractivity contribution is 0.254. The number of thiol groups is 1. The van der Waals surface area contributed by atoms with Crippen molar-refractivity contribution >= 4 is 24.3 Å². The van der Waals surface area contributed by atoms with Gasteiger partial charge in [-0.1, -0.05) is 12.1 Å². The zero-order valence-electron chi connectivity index (χ0n) is 6.66. The van der Waals surface area contributed by atoms with E-state index < -0.39 is 0 Å². The third kappa shape index (κ3) is 2.17. The monoisotopic (exact) mass is 182 g/mol. The number of nitrogens with one attached hydrogen (secondary N) is 2. The Morgan fingerprint density at radius 1 is 1.42 bits per heavy atom. The van der Waals surface area contributed by atoms with E-state index in [2.05, 4.69) is 23.3 Å². The summed E-state index contributed by atoms with van der Waals surface area (Å²) in [5.41, 5.74) is 0.709. The molecule has 0 bridgehead atoms. The van der Waals surface area contributed by atoms with Crippen molar-refractivity contribution in [1.29, 1.82) is 0 Å². The molecule has 12 heavy (non-hydrogen) atoms. The summed E-state index contributed by atoms with van der Waals surface area (Å²) < 4.78 is 0. The number of urea groups is 1. The quantitative estimate of drug-likeness (QED) is 0.569. The van der Waals surface area contributed by atoms with Crippen LogP contribution in [0.3, 0.4) is 0 Å². The molecule has 0 aliphatic rings. The minimum atomic E-state index is -0.239. The molecule has 0 saturated heterocycles. The van der Waals surface area contributed by atoms with Crippen LogP contribution in [0.25, 0.3) is 0 Å². The normalized spacial score (nSPS) is 9.17. The average molecular weight is 182 g/mol. The molecule has 0 radical (unpaired) electrons. The summed E-state index contributed by atoms with van der Waals surface area (Å²) in [7, 11) is 1.57. The SMILES string of the molecule is CNC(=O)Nc1ccccc1S. The van der Waals surface area contributed by atoms with E-state index in [1.165, 1.54) is 0 Å². The largest absolute Gasteiger partial charge is 0.341 e. The fraction of sp³-hybridized carbons (Fsp3) is 0.125. The van der Waals surface area contributed by atoms with Gasteiger partial charge in [-0.05, 0) is 12.1 Å². The van der Waals surface area contributed by atoms with Crippen LogP contribution in [-0.2, 0) is 0 Å². The Morgan fingerprint density at radius 2 is 2.08 bits per heavy atom. The number of para-hydroxylation sites is 1. The summed E-state index contributed by atoms with van der Waals surface area (Å²) in [5, 5.41) is 5.09. The smallest absolute Gasteiger partial charge is 0.319 e. The number of hydrogen-bond donors (Lipinski definition) is 3. The first kappa shape index (κ1) is 8.93. The molecule has 0 aliphatic carbocycles. The summed E-state index contributed by atoms with van der Waals surface area (Å²) in [6.07, 6.45) is 0. The zero-order chi connectivity index (χ0) is 8.97. The molecule has 1 rings (SSSR count). The van der Waals surface area contributed by atoms with E-state index in [1.807, 2.05) is 18.2 Å². The van der Waals surface area contributed by atoms with Crippen molar-refractivity contribution in [3.63, 3.8) is 0 Å². The lowest BCUT2D eigenvalue weighted by Crippen LogP contribution is -2.24. The van der Waals surface area contributed by atoms with E-state index in [1.54, 1.807) is 13.1 Å². The molecule has 0 unspecified atom stereocenters. The Balaban J connectivity index is 2.75. The fourth-order valence-corrected chi connectivity index (χ4v) is 0.981. The predicted octanol–water partition coefficient (Wildman–Crippen LogP) is 1.73. The van der Waals surface area contributed by atoms with Gasteiger partial charge in [-0.25, -0.2) is 4.79 Å². The number of amides is 2. The molecule has 0 aromatic heterocycles. The highest BCUT2D eigenvalue weighted by Crippen LogP contribution is 2.17. The van der Waals surface area contributed by atoms with Crippen molar-refractivity contribution in [2.45, 2.75) is 4.90 Å². The van der Waals surface area contributed by atoms with Gasteiger partial charge >= 0.3 is 6.03 Å². The zero-order valence-corrected chi connectivity index (χ0v) is 7.56. The van der Waals surface area contributed by atoms with Crippen molar-refractivity contribution in [2.75, 3.05) is 12.4 Å². The fourth-order valence-electron chi connectivity index (χ4n) is 0.764. The number of carbonyl (C=O) groups excluding carboxylic acids is 1. The molecule has 0 atom stereocenters. The highest BCUT2D eigenvalue weighted by Gasteiger charge is 1.99. The predicted molar refractivity (Wildman–Crippen MR) is 51.8 cm³/mol. The molecular weight excluding hydrogens is 172 g/mol. The molecule has 0 spiro atoms. The topological polar surface area (TPSA) is 41.1 Å². The first-order valence-electron chi connectivity index (χ1n) is 3.51. The van der Waals surface area contributed by atoms with Gasteiger partial charge in [0.05, 0.1) is 5.69 Å². The van der Waals surface area contributed by atoms with E-state index in [0.717, 1.165) is 4.90 Å². The minimum absolute atomic E-state index is 0.239. The molecule has 2 N–H and O–H groups in total. The molecule has 4 heteroatoms. The molecule has 2 amide bonds. The van der Waals surface area contributed by atoms with E-state index in [4.69, 9.17) is 0 Å². The van der Waals surface area contributed by atoms with Crippen LogP contribution >= 0.6 is 12.6 Å². The highest BCUT2D eigenvalue weighted by molar-refractivity contribution is 7.80. The maximum Gasteiger partial charge on any atom is 0.319 e. The summed E-state index contributed by atoms with van der Waals surface area (Å²) in [4.78, 5) is 11.6. The van der Waals surface area contributed by atoms with Gasteiger partial charge in [0.15, 0.2) is 0 Å². The van der Waals surface area contributed by atoms with Gasteiger partial charge in [0.25, 0.3) is 0 Å². The van der Waals surface area contributed by atoms with E-state index in [0.29, 0.717) is 5.69 Å².